The molecule has 28 heavy (non-hydrogen) atoms. The SMILES string of the molecule is CCOC(=O)c1c(NC(=O)COc2ccc(C)c(C)c2)sc2c1CCC(C)C2. The van der Waals surface area contributed by atoms with Crippen LogP contribution in [-0.2, 0) is 22.4 Å². The van der Waals surface area contributed by atoms with Crippen LogP contribution in [0.25, 0.3) is 0 Å². The van der Waals surface area contributed by atoms with Gasteiger partial charge in [-0.05, 0) is 74.8 Å². The summed E-state index contributed by atoms with van der Waals surface area (Å²) in [5, 5.41) is 3.45. The fourth-order valence-corrected chi connectivity index (χ4v) is 4.79. The molecule has 3 rings (SSSR count). The van der Waals surface area contributed by atoms with Gasteiger partial charge in [0.2, 0.25) is 0 Å². The van der Waals surface area contributed by atoms with Crippen molar-refractivity contribution in [2.45, 2.75) is 47.0 Å². The number of hydrogen-bond donors (Lipinski definition) is 1. The number of aryl methyl sites for hydroxylation is 2. The molecule has 1 aliphatic carbocycles. The van der Waals surface area contributed by atoms with Crippen LogP contribution in [0.2, 0.25) is 0 Å². The van der Waals surface area contributed by atoms with Crippen LogP contribution >= 0.6 is 11.3 Å². The van der Waals surface area contributed by atoms with Crippen molar-refractivity contribution in [2.24, 2.45) is 5.92 Å². The Balaban J connectivity index is 1.74. The van der Waals surface area contributed by atoms with Gasteiger partial charge in [0.05, 0.1) is 12.2 Å². The number of esters is 1. The minimum atomic E-state index is -0.361. The van der Waals surface area contributed by atoms with Crippen molar-refractivity contribution in [2.75, 3.05) is 18.5 Å². The van der Waals surface area contributed by atoms with E-state index >= 15 is 0 Å². The van der Waals surface area contributed by atoms with Gasteiger partial charge < -0.3 is 14.8 Å². The standard InChI is InChI=1S/C22H27NO4S/c1-5-26-22(25)20-17-9-6-13(2)10-18(17)28-21(20)23-19(24)12-27-16-8-7-14(3)15(4)11-16/h7-8,11,13H,5-6,9-10,12H2,1-4H3,(H,23,24). The van der Waals surface area contributed by atoms with E-state index in [1.807, 2.05) is 32.0 Å². The third-order valence-electron chi connectivity index (χ3n) is 5.09. The molecule has 1 N–H and O–H groups in total. The lowest BCUT2D eigenvalue weighted by Crippen LogP contribution is -2.21. The van der Waals surface area contributed by atoms with Crippen LogP contribution in [0.5, 0.6) is 5.75 Å². The Bertz CT molecular complexity index is 887. The summed E-state index contributed by atoms with van der Waals surface area (Å²) in [5.41, 5.74) is 3.84. The Morgan fingerprint density at radius 2 is 2.04 bits per heavy atom. The van der Waals surface area contributed by atoms with Crippen LogP contribution in [0, 0.1) is 19.8 Å². The quantitative estimate of drug-likeness (QED) is 0.714. The molecule has 0 spiro atoms. The van der Waals surface area contributed by atoms with E-state index in [4.69, 9.17) is 9.47 Å². The Kier molecular flexibility index (Phi) is 6.39. The first-order valence-electron chi connectivity index (χ1n) is 9.70. The number of benzene rings is 1. The van der Waals surface area contributed by atoms with Gasteiger partial charge in [0.25, 0.3) is 5.91 Å². The largest absolute Gasteiger partial charge is 0.484 e. The summed E-state index contributed by atoms with van der Waals surface area (Å²) in [7, 11) is 0. The van der Waals surface area contributed by atoms with Crippen molar-refractivity contribution < 1.29 is 19.1 Å². The van der Waals surface area contributed by atoms with Crippen LogP contribution in [0.15, 0.2) is 18.2 Å². The van der Waals surface area contributed by atoms with Gasteiger partial charge in [-0.3, -0.25) is 4.79 Å². The second kappa shape index (κ2) is 8.78. The average Bonchev–Trinajstić information content (AvgIpc) is 2.99. The topological polar surface area (TPSA) is 64.6 Å². The highest BCUT2D eigenvalue weighted by atomic mass is 32.1. The molecule has 1 amide bonds. The summed E-state index contributed by atoms with van der Waals surface area (Å²) in [5.74, 6) is 0.594. The summed E-state index contributed by atoms with van der Waals surface area (Å²) < 4.78 is 10.9. The van der Waals surface area contributed by atoms with E-state index < -0.39 is 0 Å². The van der Waals surface area contributed by atoms with Crippen molar-refractivity contribution in [3.05, 3.63) is 45.3 Å². The molecule has 0 fully saturated rings. The number of carbonyl (C=O) groups excluding carboxylic acids is 2. The predicted molar refractivity (Wildman–Crippen MR) is 112 cm³/mol. The molecule has 5 nitrogen and oxygen atoms in total. The van der Waals surface area contributed by atoms with Crippen molar-refractivity contribution in [3.8, 4) is 5.75 Å². The van der Waals surface area contributed by atoms with E-state index in [1.54, 1.807) is 6.92 Å². The molecule has 1 aromatic heterocycles. The van der Waals surface area contributed by atoms with E-state index in [0.717, 1.165) is 30.4 Å². The molecule has 150 valence electrons. The van der Waals surface area contributed by atoms with Crippen molar-refractivity contribution in [1.82, 2.24) is 0 Å². The number of hydrogen-bond acceptors (Lipinski definition) is 5. The highest BCUT2D eigenvalue weighted by Gasteiger charge is 2.29. The molecule has 1 unspecified atom stereocenters. The molecule has 0 aliphatic heterocycles. The van der Waals surface area contributed by atoms with E-state index in [2.05, 4.69) is 12.2 Å². The van der Waals surface area contributed by atoms with E-state index in [1.165, 1.54) is 21.8 Å². The zero-order chi connectivity index (χ0) is 20.3. The molecule has 1 aromatic carbocycles. The van der Waals surface area contributed by atoms with Gasteiger partial charge >= 0.3 is 5.97 Å². The average molecular weight is 402 g/mol. The molecular weight excluding hydrogens is 374 g/mol. The summed E-state index contributed by atoms with van der Waals surface area (Å²) in [6.45, 7) is 8.23. The Hall–Kier alpha value is -2.34. The zero-order valence-electron chi connectivity index (χ0n) is 16.9. The highest BCUT2D eigenvalue weighted by Crippen LogP contribution is 2.40. The fraction of sp³-hybridized carbons (Fsp3) is 0.455. The zero-order valence-corrected chi connectivity index (χ0v) is 17.7. The summed E-state index contributed by atoms with van der Waals surface area (Å²) >= 11 is 1.49. The molecule has 1 heterocycles. The number of thiophene rings is 1. The third kappa shape index (κ3) is 4.55. The lowest BCUT2D eigenvalue weighted by Gasteiger charge is -2.18. The number of anilines is 1. The maximum atomic E-state index is 12.5. The number of ether oxygens (including phenoxy) is 2. The van der Waals surface area contributed by atoms with Crippen LogP contribution in [-0.4, -0.2) is 25.1 Å². The van der Waals surface area contributed by atoms with Gasteiger partial charge in [-0.25, -0.2) is 4.79 Å². The van der Waals surface area contributed by atoms with E-state index in [9.17, 15) is 9.59 Å². The van der Waals surface area contributed by atoms with E-state index in [-0.39, 0.29) is 18.5 Å². The normalized spacial score (nSPS) is 15.6. The van der Waals surface area contributed by atoms with Gasteiger partial charge in [0.1, 0.15) is 10.8 Å². The minimum absolute atomic E-state index is 0.107. The van der Waals surface area contributed by atoms with Crippen molar-refractivity contribution >= 4 is 28.2 Å². The first-order valence-corrected chi connectivity index (χ1v) is 10.5. The summed E-state index contributed by atoms with van der Waals surface area (Å²) in [4.78, 5) is 26.2. The molecule has 1 atom stereocenters. The highest BCUT2D eigenvalue weighted by molar-refractivity contribution is 7.17. The maximum Gasteiger partial charge on any atom is 0.341 e. The minimum Gasteiger partial charge on any atom is -0.484 e. The number of rotatable bonds is 6. The summed E-state index contributed by atoms with van der Waals surface area (Å²) in [6.07, 6.45) is 2.82. The molecule has 0 saturated heterocycles. The Morgan fingerprint density at radius 3 is 2.75 bits per heavy atom. The van der Waals surface area contributed by atoms with Gasteiger partial charge in [-0.1, -0.05) is 13.0 Å². The van der Waals surface area contributed by atoms with Gasteiger partial charge in [0, 0.05) is 4.88 Å². The third-order valence-corrected chi connectivity index (χ3v) is 6.26. The first-order chi connectivity index (χ1) is 13.4. The van der Waals surface area contributed by atoms with Crippen LogP contribution < -0.4 is 10.1 Å². The van der Waals surface area contributed by atoms with Crippen LogP contribution in [0.4, 0.5) is 5.00 Å². The molecule has 1 aliphatic rings. The summed E-state index contributed by atoms with van der Waals surface area (Å²) in [6, 6.07) is 5.73. The van der Waals surface area contributed by atoms with Gasteiger partial charge in [0.15, 0.2) is 6.61 Å². The second-order valence-electron chi connectivity index (χ2n) is 7.36. The molecule has 0 bridgehead atoms. The van der Waals surface area contributed by atoms with Crippen molar-refractivity contribution in [1.29, 1.82) is 0 Å². The molecule has 0 saturated carbocycles. The molecular formula is C22H27NO4S. The van der Waals surface area contributed by atoms with Crippen molar-refractivity contribution in [3.63, 3.8) is 0 Å². The smallest absolute Gasteiger partial charge is 0.341 e. The lowest BCUT2D eigenvalue weighted by atomic mass is 9.88. The second-order valence-corrected chi connectivity index (χ2v) is 8.46. The van der Waals surface area contributed by atoms with Crippen LogP contribution in [0.3, 0.4) is 0 Å². The number of amides is 1. The number of fused-ring (bicyclic) bond motifs is 1. The molecule has 6 heteroatoms. The first kappa shape index (κ1) is 20.4. The maximum absolute atomic E-state index is 12.5. The number of nitrogens with one attached hydrogen (secondary N) is 1. The number of carbonyl (C=O) groups is 2. The van der Waals surface area contributed by atoms with Gasteiger partial charge in [-0.2, -0.15) is 0 Å². The predicted octanol–water partition coefficient (Wildman–Crippen LogP) is 4.68. The van der Waals surface area contributed by atoms with E-state index in [0.29, 0.717) is 28.8 Å². The fourth-order valence-electron chi connectivity index (χ4n) is 3.37. The monoisotopic (exact) mass is 401 g/mol. The Labute approximate surface area is 170 Å². The molecule has 2 aromatic rings. The molecule has 0 radical (unpaired) electrons. The lowest BCUT2D eigenvalue weighted by molar-refractivity contribution is -0.118. The van der Waals surface area contributed by atoms with Crippen LogP contribution in [0.1, 0.15) is 52.2 Å². The van der Waals surface area contributed by atoms with Gasteiger partial charge in [-0.15, -0.1) is 11.3 Å². The Morgan fingerprint density at radius 1 is 1.25 bits per heavy atom.